The Balaban J connectivity index is 0. The molecule has 0 fully saturated rings. The van der Waals surface area contributed by atoms with Crippen LogP contribution in [0.2, 0.25) is 0 Å². The molecule has 0 spiro atoms. The lowest BCUT2D eigenvalue weighted by Gasteiger charge is -1.68. The summed E-state index contributed by atoms with van der Waals surface area (Å²) >= 11 is 0. The zero-order valence-electron chi connectivity index (χ0n) is 5.61. The fourth-order valence-electron chi connectivity index (χ4n) is 0.103. The first-order valence-electron chi connectivity index (χ1n) is 2.44. The molecule has 0 aliphatic heterocycles. The van der Waals surface area contributed by atoms with Crippen molar-refractivity contribution in [2.45, 2.75) is 0 Å². The van der Waals surface area contributed by atoms with Gasteiger partial charge in [-0.1, -0.05) is 0 Å². The highest BCUT2D eigenvalue weighted by molar-refractivity contribution is 5.70. The van der Waals surface area contributed by atoms with Gasteiger partial charge in [0.2, 0.25) is 0 Å². The Morgan fingerprint density at radius 1 is 1.55 bits per heavy atom. The number of rotatable bonds is 1. The molecule has 56 valence electrons. The Morgan fingerprint density at radius 2 is 2.09 bits per heavy atom. The van der Waals surface area contributed by atoms with Gasteiger partial charge in [-0.3, -0.25) is 0 Å². The van der Waals surface area contributed by atoms with Crippen molar-refractivity contribution in [1.82, 2.24) is 0 Å². The first-order valence-corrected chi connectivity index (χ1v) is 2.44. The molecule has 0 aromatic heterocycles. The molecule has 1 N–H and O–H groups in total. The van der Waals surface area contributed by atoms with Crippen LogP contribution in [0.15, 0.2) is 0 Å². The molecule has 0 bridgehead atoms. The van der Waals surface area contributed by atoms with Crippen LogP contribution in [0.1, 0.15) is 0 Å². The van der Waals surface area contributed by atoms with E-state index in [0.717, 1.165) is 0 Å². The van der Waals surface area contributed by atoms with Crippen LogP contribution in [0, 0.1) is 24.5 Å². The summed E-state index contributed by atoms with van der Waals surface area (Å²) in [5.41, 5.74) is 0. The molecule has 11 heavy (non-hydrogen) atoms. The number of nitriles is 1. The molecule has 0 aromatic carbocycles. The number of hydrogen-bond acceptors (Lipinski definition) is 2. The summed E-state index contributed by atoms with van der Waals surface area (Å²) in [6.07, 6.45) is 0. The van der Waals surface area contributed by atoms with Crippen molar-refractivity contribution >= 4 is 5.97 Å². The van der Waals surface area contributed by atoms with Crippen molar-refractivity contribution in [2.75, 3.05) is 13.1 Å². The minimum Gasteiger partial charge on any atom is -0.476 e. The second-order valence-corrected chi connectivity index (χ2v) is 1.18. The lowest BCUT2D eigenvalue weighted by Crippen LogP contribution is -1.95. The van der Waals surface area contributed by atoms with E-state index < -0.39 is 12.5 Å². The lowest BCUT2D eigenvalue weighted by atomic mass is 10.7. The number of nitrogens with zero attached hydrogens (tertiary/aromatic N) is 3. The molecule has 0 aliphatic carbocycles. The van der Waals surface area contributed by atoms with Gasteiger partial charge in [-0.05, 0) is 0 Å². The van der Waals surface area contributed by atoms with Crippen LogP contribution in [0.4, 0.5) is 0 Å². The van der Waals surface area contributed by atoms with Gasteiger partial charge in [-0.25, -0.2) is 17.9 Å². The van der Waals surface area contributed by atoms with Crippen LogP contribution < -0.4 is 0 Å². The SMILES string of the molecule is [C-]#[N+]CC#N.[C-]#[N+]CC(=O)O. The van der Waals surface area contributed by atoms with Gasteiger partial charge in [0.15, 0.2) is 0 Å². The van der Waals surface area contributed by atoms with Gasteiger partial charge in [0.1, 0.15) is 6.07 Å². The van der Waals surface area contributed by atoms with Gasteiger partial charge in [0.25, 0.3) is 6.54 Å². The molecule has 0 saturated heterocycles. The highest BCUT2D eigenvalue weighted by atomic mass is 16.4. The minimum absolute atomic E-state index is 0.0139. The van der Waals surface area contributed by atoms with Crippen molar-refractivity contribution in [3.8, 4) is 6.07 Å². The monoisotopic (exact) mass is 151 g/mol. The molecule has 0 saturated carbocycles. The predicted octanol–water partition coefficient (Wildman–Crippen LogP) is 0.420. The van der Waals surface area contributed by atoms with E-state index >= 15 is 0 Å². The predicted molar refractivity (Wildman–Crippen MR) is 36.2 cm³/mol. The quantitative estimate of drug-likeness (QED) is 0.436. The van der Waals surface area contributed by atoms with Crippen molar-refractivity contribution in [2.24, 2.45) is 0 Å². The standard InChI is InChI=1S/C3H2N2.C3H3NO2/c1-5-3-2-4;1-4-2-3(5)6/h3H2;2H2,(H,5,6). The van der Waals surface area contributed by atoms with E-state index in [9.17, 15) is 4.79 Å². The van der Waals surface area contributed by atoms with E-state index in [0.29, 0.717) is 0 Å². The zero-order chi connectivity index (χ0) is 9.11. The molecule has 0 atom stereocenters. The maximum absolute atomic E-state index is 9.39. The normalized spacial score (nSPS) is 5.55. The summed E-state index contributed by atoms with van der Waals surface area (Å²) in [4.78, 5) is 14.7. The maximum atomic E-state index is 9.39. The molecular formula is C6H5N3O2. The first-order chi connectivity index (χ1) is 5.18. The maximum Gasteiger partial charge on any atom is 0.384 e. The summed E-state index contributed by atoms with van der Waals surface area (Å²) in [5, 5.41) is 15.3. The summed E-state index contributed by atoms with van der Waals surface area (Å²) in [7, 11) is 0. The third kappa shape index (κ3) is 32.4. The minimum atomic E-state index is -1.06. The van der Waals surface area contributed by atoms with Crippen molar-refractivity contribution in [3.05, 3.63) is 22.8 Å². The highest BCUT2D eigenvalue weighted by Crippen LogP contribution is 1.62. The summed E-state index contributed by atoms with van der Waals surface area (Å²) in [6.45, 7) is 11.6. The largest absolute Gasteiger partial charge is 0.476 e. The Labute approximate surface area is 64.1 Å². The van der Waals surface area contributed by atoms with E-state index in [1.165, 1.54) is 0 Å². The van der Waals surface area contributed by atoms with Crippen LogP contribution >= 0.6 is 0 Å². The number of carbonyl (C=O) groups is 1. The van der Waals surface area contributed by atoms with Crippen molar-refractivity contribution in [3.63, 3.8) is 0 Å². The van der Waals surface area contributed by atoms with Gasteiger partial charge in [-0.2, -0.15) is 5.26 Å². The molecule has 0 aromatic rings. The van der Waals surface area contributed by atoms with E-state index in [-0.39, 0.29) is 6.54 Å². The second kappa shape index (κ2) is 10.8. The summed E-state index contributed by atoms with van der Waals surface area (Å²) in [5.74, 6) is -1.06. The molecule has 0 rings (SSSR count). The fourth-order valence-corrected chi connectivity index (χ4v) is 0.103. The molecule has 0 heterocycles. The third-order valence-electron chi connectivity index (χ3n) is 0.364. The first kappa shape index (κ1) is 11.7. The lowest BCUT2D eigenvalue weighted by molar-refractivity contribution is -0.134. The average Bonchev–Trinajstić information content (AvgIpc) is 1.90. The molecule has 5 nitrogen and oxygen atoms in total. The van der Waals surface area contributed by atoms with E-state index in [2.05, 4.69) is 9.69 Å². The third-order valence-corrected chi connectivity index (χ3v) is 0.364. The van der Waals surface area contributed by atoms with E-state index in [1.54, 1.807) is 6.07 Å². The number of hydrogen-bond donors (Lipinski definition) is 1. The molecule has 0 amide bonds. The Hall–Kier alpha value is -2.06. The summed E-state index contributed by atoms with van der Waals surface area (Å²) < 4.78 is 0. The molecule has 0 unspecified atom stereocenters. The van der Waals surface area contributed by atoms with Gasteiger partial charge in [0.05, 0.1) is 0 Å². The number of carboxylic acids is 1. The highest BCUT2D eigenvalue weighted by Gasteiger charge is 1.92. The molecular weight excluding hydrogens is 146 g/mol. The Bertz CT molecular complexity index is 216. The molecule has 5 heteroatoms. The van der Waals surface area contributed by atoms with E-state index in [1.807, 2.05) is 0 Å². The smallest absolute Gasteiger partial charge is 0.384 e. The summed E-state index contributed by atoms with van der Waals surface area (Å²) in [6, 6.07) is 1.66. The van der Waals surface area contributed by atoms with Crippen LogP contribution in [0.5, 0.6) is 0 Å². The Morgan fingerprint density at radius 3 is 2.09 bits per heavy atom. The van der Waals surface area contributed by atoms with Gasteiger partial charge < -0.3 is 14.8 Å². The van der Waals surface area contributed by atoms with Crippen LogP contribution in [-0.4, -0.2) is 24.2 Å². The average molecular weight is 151 g/mol. The van der Waals surface area contributed by atoms with Crippen molar-refractivity contribution < 1.29 is 9.90 Å². The molecule has 0 aliphatic rings. The molecule has 0 radical (unpaired) electrons. The van der Waals surface area contributed by atoms with Crippen LogP contribution in [0.25, 0.3) is 9.69 Å². The zero-order valence-corrected chi connectivity index (χ0v) is 5.61. The van der Waals surface area contributed by atoms with Gasteiger partial charge in [0, 0.05) is 0 Å². The number of carboxylic acid groups (broad SMARTS) is 1. The van der Waals surface area contributed by atoms with Crippen molar-refractivity contribution in [1.29, 1.82) is 5.26 Å². The second-order valence-electron chi connectivity index (χ2n) is 1.18. The van der Waals surface area contributed by atoms with Gasteiger partial charge in [-0.15, -0.1) is 0 Å². The topological polar surface area (TPSA) is 69.8 Å². The fraction of sp³-hybridized carbons (Fsp3) is 0.333. The Kier molecular flexibility index (Phi) is 11.5. The van der Waals surface area contributed by atoms with Gasteiger partial charge >= 0.3 is 12.5 Å². The van der Waals surface area contributed by atoms with Crippen LogP contribution in [-0.2, 0) is 4.79 Å². The number of aliphatic carboxylic acids is 1. The van der Waals surface area contributed by atoms with Crippen LogP contribution in [0.3, 0.4) is 0 Å². The van der Waals surface area contributed by atoms with E-state index in [4.69, 9.17) is 23.5 Å².